The Balaban J connectivity index is 1.85. The van der Waals surface area contributed by atoms with Crippen LogP contribution in [0.1, 0.15) is 28.6 Å². The number of rotatable bonds is 1. The Morgan fingerprint density at radius 2 is 1.95 bits per heavy atom. The number of aromatic nitrogens is 2. The number of aliphatic hydroxyl groups is 1. The highest BCUT2D eigenvalue weighted by molar-refractivity contribution is 5.61. The molecule has 4 rings (SSSR count). The lowest BCUT2D eigenvalue weighted by molar-refractivity contribution is 0.0215. The maximum absolute atomic E-state index is 10.4. The molecule has 0 radical (unpaired) electrons. The number of benzene rings is 1. The standard InChI is InChI=1S/C18H18N2O2/c1-11-12(2)20-9-8-14-10-15(21)16(13-6-4-3-5-7-13)22-17(14)18(20)19-11/h3-9,15-16,21H,10H2,1-2H3. The second-order valence-electron chi connectivity index (χ2n) is 5.87. The lowest BCUT2D eigenvalue weighted by atomic mass is 9.95. The van der Waals surface area contributed by atoms with Gasteiger partial charge in [-0.05, 0) is 25.5 Å². The zero-order chi connectivity index (χ0) is 15.3. The fraction of sp³-hybridized carbons (Fsp3) is 0.278. The van der Waals surface area contributed by atoms with E-state index in [2.05, 4.69) is 4.98 Å². The van der Waals surface area contributed by atoms with Gasteiger partial charge in [-0.2, -0.15) is 0 Å². The molecule has 4 heteroatoms. The summed E-state index contributed by atoms with van der Waals surface area (Å²) in [6.45, 7) is 4.05. The molecule has 2 unspecified atom stereocenters. The normalized spacial score (nSPS) is 20.7. The van der Waals surface area contributed by atoms with Crippen LogP contribution >= 0.6 is 0 Å². The predicted octanol–water partition coefficient (Wildman–Crippen LogP) is 2.99. The molecule has 0 saturated carbocycles. The molecule has 1 aromatic carbocycles. The van der Waals surface area contributed by atoms with E-state index in [4.69, 9.17) is 4.74 Å². The van der Waals surface area contributed by atoms with Crippen molar-refractivity contribution in [2.45, 2.75) is 32.5 Å². The van der Waals surface area contributed by atoms with Crippen LogP contribution in [0.4, 0.5) is 0 Å². The maximum atomic E-state index is 10.4. The van der Waals surface area contributed by atoms with Crippen molar-refractivity contribution in [3.05, 3.63) is 65.1 Å². The van der Waals surface area contributed by atoms with Gasteiger partial charge in [-0.15, -0.1) is 0 Å². The van der Waals surface area contributed by atoms with Gasteiger partial charge in [0.15, 0.2) is 17.5 Å². The van der Waals surface area contributed by atoms with Gasteiger partial charge in [0.1, 0.15) is 0 Å². The lowest BCUT2D eigenvalue weighted by Gasteiger charge is -2.31. The highest BCUT2D eigenvalue weighted by Crippen LogP contribution is 2.38. The molecule has 0 saturated heterocycles. The molecular formula is C18H18N2O2. The first-order chi connectivity index (χ1) is 10.6. The third-order valence-electron chi connectivity index (χ3n) is 4.46. The zero-order valence-electron chi connectivity index (χ0n) is 12.7. The van der Waals surface area contributed by atoms with Crippen LogP contribution in [0.25, 0.3) is 5.65 Å². The van der Waals surface area contributed by atoms with E-state index in [1.54, 1.807) is 0 Å². The summed E-state index contributed by atoms with van der Waals surface area (Å²) in [7, 11) is 0. The molecule has 112 valence electrons. The minimum absolute atomic E-state index is 0.350. The van der Waals surface area contributed by atoms with Crippen LogP contribution in [0, 0.1) is 13.8 Å². The molecule has 0 fully saturated rings. The Bertz CT molecular complexity index is 839. The Labute approximate surface area is 129 Å². The molecule has 0 aliphatic carbocycles. The van der Waals surface area contributed by atoms with Gasteiger partial charge in [0.25, 0.3) is 0 Å². The number of fused-ring (bicyclic) bond motifs is 3. The molecule has 1 N–H and O–H groups in total. The van der Waals surface area contributed by atoms with Gasteiger partial charge in [-0.3, -0.25) is 0 Å². The summed E-state index contributed by atoms with van der Waals surface area (Å²) in [5.41, 5.74) is 4.95. The first-order valence-electron chi connectivity index (χ1n) is 7.52. The van der Waals surface area contributed by atoms with Crippen molar-refractivity contribution in [1.82, 2.24) is 9.38 Å². The van der Waals surface area contributed by atoms with Crippen molar-refractivity contribution in [2.24, 2.45) is 0 Å². The number of aliphatic hydroxyl groups excluding tert-OH is 1. The maximum Gasteiger partial charge on any atom is 0.180 e. The topological polar surface area (TPSA) is 46.8 Å². The minimum atomic E-state index is -0.547. The first-order valence-corrected chi connectivity index (χ1v) is 7.52. The lowest BCUT2D eigenvalue weighted by Crippen LogP contribution is -2.30. The molecule has 22 heavy (non-hydrogen) atoms. The predicted molar refractivity (Wildman–Crippen MR) is 84.2 cm³/mol. The highest BCUT2D eigenvalue weighted by Gasteiger charge is 2.31. The quantitative estimate of drug-likeness (QED) is 0.750. The van der Waals surface area contributed by atoms with Crippen molar-refractivity contribution in [1.29, 1.82) is 0 Å². The van der Waals surface area contributed by atoms with Gasteiger partial charge in [-0.1, -0.05) is 30.3 Å². The van der Waals surface area contributed by atoms with Gasteiger partial charge in [0, 0.05) is 23.9 Å². The van der Waals surface area contributed by atoms with E-state index in [1.807, 2.05) is 60.8 Å². The van der Waals surface area contributed by atoms with E-state index in [0.29, 0.717) is 6.42 Å². The molecule has 4 nitrogen and oxygen atoms in total. The Morgan fingerprint density at radius 3 is 2.73 bits per heavy atom. The fourth-order valence-corrected chi connectivity index (χ4v) is 3.11. The van der Waals surface area contributed by atoms with Gasteiger partial charge in [0.05, 0.1) is 11.8 Å². The van der Waals surface area contributed by atoms with E-state index in [-0.39, 0.29) is 6.10 Å². The van der Waals surface area contributed by atoms with Crippen LogP contribution in [0.3, 0.4) is 0 Å². The largest absolute Gasteiger partial charge is 0.479 e. The third-order valence-corrected chi connectivity index (χ3v) is 4.46. The number of aryl methyl sites for hydroxylation is 2. The average molecular weight is 294 g/mol. The summed E-state index contributed by atoms with van der Waals surface area (Å²) in [4.78, 5) is 4.64. The molecule has 1 aliphatic rings. The van der Waals surface area contributed by atoms with Gasteiger partial charge in [0.2, 0.25) is 0 Å². The van der Waals surface area contributed by atoms with E-state index in [1.165, 1.54) is 0 Å². The third kappa shape index (κ3) is 1.91. The summed E-state index contributed by atoms with van der Waals surface area (Å²) in [5.74, 6) is 0.790. The summed E-state index contributed by atoms with van der Waals surface area (Å²) in [6, 6.07) is 11.9. The van der Waals surface area contributed by atoms with Crippen LogP contribution in [-0.4, -0.2) is 20.6 Å². The zero-order valence-corrected chi connectivity index (χ0v) is 12.7. The van der Waals surface area contributed by atoms with Crippen LogP contribution in [0.15, 0.2) is 42.6 Å². The van der Waals surface area contributed by atoms with Crippen molar-refractivity contribution in [2.75, 3.05) is 0 Å². The van der Waals surface area contributed by atoms with Crippen molar-refractivity contribution < 1.29 is 9.84 Å². The summed E-state index contributed by atoms with van der Waals surface area (Å²) in [6.07, 6.45) is 1.69. The molecule has 2 atom stereocenters. The van der Waals surface area contributed by atoms with E-state index >= 15 is 0 Å². The molecule has 0 bridgehead atoms. The van der Waals surface area contributed by atoms with Crippen molar-refractivity contribution in [3.63, 3.8) is 0 Å². The molecular weight excluding hydrogens is 276 g/mol. The minimum Gasteiger partial charge on any atom is -0.479 e. The number of pyridine rings is 1. The van der Waals surface area contributed by atoms with Gasteiger partial charge < -0.3 is 14.2 Å². The summed E-state index contributed by atoms with van der Waals surface area (Å²) < 4.78 is 8.23. The van der Waals surface area contributed by atoms with Crippen molar-refractivity contribution >= 4 is 5.65 Å². The first kappa shape index (κ1) is 13.3. The number of nitrogens with zero attached hydrogens (tertiary/aromatic N) is 2. The summed E-state index contributed by atoms with van der Waals surface area (Å²) >= 11 is 0. The summed E-state index contributed by atoms with van der Waals surface area (Å²) in [5, 5.41) is 10.4. The monoisotopic (exact) mass is 294 g/mol. The average Bonchev–Trinajstić information content (AvgIpc) is 2.83. The number of ether oxygens (including phenoxy) is 1. The number of imidazole rings is 1. The van der Waals surface area contributed by atoms with E-state index in [0.717, 1.165) is 33.9 Å². The number of hydrogen-bond acceptors (Lipinski definition) is 3. The van der Waals surface area contributed by atoms with E-state index < -0.39 is 6.10 Å². The van der Waals surface area contributed by atoms with Crippen LogP contribution in [-0.2, 0) is 6.42 Å². The fourth-order valence-electron chi connectivity index (χ4n) is 3.11. The Hall–Kier alpha value is -2.33. The SMILES string of the molecule is Cc1nc2c3c(ccn2c1C)CC(O)C(c1ccccc1)O3. The number of hydrogen-bond donors (Lipinski definition) is 1. The second-order valence-corrected chi connectivity index (χ2v) is 5.87. The Morgan fingerprint density at radius 1 is 1.18 bits per heavy atom. The highest BCUT2D eigenvalue weighted by atomic mass is 16.5. The van der Waals surface area contributed by atoms with Crippen molar-refractivity contribution in [3.8, 4) is 5.75 Å². The molecule has 1 aliphatic heterocycles. The molecule has 3 heterocycles. The molecule has 2 aromatic heterocycles. The van der Waals surface area contributed by atoms with Crippen LogP contribution in [0.2, 0.25) is 0 Å². The molecule has 3 aromatic rings. The van der Waals surface area contributed by atoms with Gasteiger partial charge >= 0.3 is 0 Å². The van der Waals surface area contributed by atoms with E-state index in [9.17, 15) is 5.11 Å². The smallest absolute Gasteiger partial charge is 0.180 e. The molecule has 0 spiro atoms. The Kier molecular flexibility index (Phi) is 2.94. The van der Waals surface area contributed by atoms with Crippen LogP contribution in [0.5, 0.6) is 5.75 Å². The second kappa shape index (κ2) is 4.85. The van der Waals surface area contributed by atoms with Gasteiger partial charge in [-0.25, -0.2) is 4.98 Å². The van der Waals surface area contributed by atoms with Crippen LogP contribution < -0.4 is 4.74 Å². The molecule has 0 amide bonds.